The van der Waals surface area contributed by atoms with Gasteiger partial charge in [0.1, 0.15) is 0 Å². The predicted octanol–water partition coefficient (Wildman–Crippen LogP) is 2.78. The molecule has 0 heterocycles. The zero-order valence-corrected chi connectivity index (χ0v) is 12.9. The maximum absolute atomic E-state index is 5.52. The smallest absolute Gasteiger partial charge is 0.203 e. The lowest BCUT2D eigenvalue weighted by Crippen LogP contribution is -2.17. The van der Waals surface area contributed by atoms with Crippen molar-refractivity contribution in [3.63, 3.8) is 0 Å². The van der Waals surface area contributed by atoms with Gasteiger partial charge in [0.05, 0.1) is 21.3 Å². The molecular formula is C16H23NO3. The van der Waals surface area contributed by atoms with Crippen molar-refractivity contribution in [2.75, 3.05) is 28.4 Å². The molecule has 0 saturated carbocycles. The molecule has 1 atom stereocenters. The average molecular weight is 277 g/mol. The van der Waals surface area contributed by atoms with Crippen LogP contribution in [0.3, 0.4) is 0 Å². The molecule has 1 aromatic rings. The largest absolute Gasteiger partial charge is 0.493 e. The molecule has 1 rings (SSSR count). The van der Waals surface area contributed by atoms with Crippen molar-refractivity contribution in [2.24, 2.45) is 0 Å². The highest BCUT2D eigenvalue weighted by Gasteiger charge is 2.20. The minimum absolute atomic E-state index is 0.158. The Labute approximate surface area is 121 Å². The quantitative estimate of drug-likeness (QED) is 0.778. The molecule has 0 spiro atoms. The molecule has 0 radical (unpaired) electrons. The summed E-state index contributed by atoms with van der Waals surface area (Å²) in [6.07, 6.45) is 1.74. The third-order valence-electron chi connectivity index (χ3n) is 3.19. The van der Waals surface area contributed by atoms with Crippen LogP contribution in [0, 0.1) is 11.8 Å². The van der Waals surface area contributed by atoms with E-state index in [1.165, 1.54) is 0 Å². The Kier molecular flexibility index (Phi) is 6.75. The molecule has 0 amide bonds. The van der Waals surface area contributed by atoms with Gasteiger partial charge in [-0.3, -0.25) is 0 Å². The van der Waals surface area contributed by atoms with Crippen LogP contribution in [0.5, 0.6) is 17.2 Å². The second-order valence-electron chi connectivity index (χ2n) is 4.23. The van der Waals surface area contributed by atoms with E-state index in [2.05, 4.69) is 17.2 Å². The lowest BCUT2D eigenvalue weighted by molar-refractivity contribution is 0.319. The molecule has 0 aliphatic carbocycles. The summed E-state index contributed by atoms with van der Waals surface area (Å²) in [6, 6.07) is 4.05. The van der Waals surface area contributed by atoms with E-state index in [0.717, 1.165) is 18.4 Å². The fourth-order valence-electron chi connectivity index (χ4n) is 2.20. The first kappa shape index (κ1) is 16.2. The minimum Gasteiger partial charge on any atom is -0.493 e. The number of hydrogen-bond acceptors (Lipinski definition) is 4. The van der Waals surface area contributed by atoms with Gasteiger partial charge in [-0.2, -0.15) is 0 Å². The van der Waals surface area contributed by atoms with Crippen LogP contribution in [0.1, 0.15) is 31.4 Å². The molecule has 1 N–H and O–H groups in total. The topological polar surface area (TPSA) is 39.7 Å². The number of ether oxygens (including phenoxy) is 3. The molecule has 20 heavy (non-hydrogen) atoms. The first-order valence-corrected chi connectivity index (χ1v) is 6.59. The fourth-order valence-corrected chi connectivity index (χ4v) is 2.20. The molecule has 4 nitrogen and oxygen atoms in total. The molecule has 0 aliphatic heterocycles. The van der Waals surface area contributed by atoms with Gasteiger partial charge in [-0.1, -0.05) is 0 Å². The Morgan fingerprint density at radius 2 is 1.80 bits per heavy atom. The molecule has 0 saturated heterocycles. The SMILES string of the molecule is CC#CCCC(NC)c1ccc(OC)c(OC)c1OC. The summed E-state index contributed by atoms with van der Waals surface area (Å²) in [4.78, 5) is 0. The van der Waals surface area contributed by atoms with E-state index in [4.69, 9.17) is 14.2 Å². The van der Waals surface area contributed by atoms with Crippen LogP contribution in [0.15, 0.2) is 12.1 Å². The molecule has 1 unspecified atom stereocenters. The number of hydrogen-bond donors (Lipinski definition) is 1. The zero-order chi connectivity index (χ0) is 15.0. The first-order valence-electron chi connectivity index (χ1n) is 6.59. The Hall–Kier alpha value is -1.86. The van der Waals surface area contributed by atoms with Crippen molar-refractivity contribution in [3.8, 4) is 29.1 Å². The molecule has 4 heteroatoms. The van der Waals surface area contributed by atoms with Gasteiger partial charge >= 0.3 is 0 Å². The van der Waals surface area contributed by atoms with E-state index in [1.54, 1.807) is 21.3 Å². The van der Waals surface area contributed by atoms with Crippen LogP contribution in [-0.2, 0) is 0 Å². The number of methoxy groups -OCH3 is 3. The highest BCUT2D eigenvalue weighted by atomic mass is 16.5. The van der Waals surface area contributed by atoms with Crippen molar-refractivity contribution in [3.05, 3.63) is 17.7 Å². The van der Waals surface area contributed by atoms with Crippen molar-refractivity contribution >= 4 is 0 Å². The highest BCUT2D eigenvalue weighted by Crippen LogP contribution is 2.42. The van der Waals surface area contributed by atoms with Crippen molar-refractivity contribution in [2.45, 2.75) is 25.8 Å². The van der Waals surface area contributed by atoms with Crippen LogP contribution >= 0.6 is 0 Å². The van der Waals surface area contributed by atoms with Gasteiger partial charge in [0, 0.05) is 18.0 Å². The fraction of sp³-hybridized carbons (Fsp3) is 0.500. The van der Waals surface area contributed by atoms with Gasteiger partial charge in [-0.05, 0) is 32.5 Å². The summed E-state index contributed by atoms with van der Waals surface area (Å²) in [5, 5.41) is 3.30. The molecule has 0 aliphatic rings. The van der Waals surface area contributed by atoms with Crippen LogP contribution in [0.25, 0.3) is 0 Å². The second kappa shape index (κ2) is 8.34. The van der Waals surface area contributed by atoms with Gasteiger partial charge in [-0.15, -0.1) is 11.8 Å². The van der Waals surface area contributed by atoms with Gasteiger partial charge in [-0.25, -0.2) is 0 Å². The predicted molar refractivity (Wildman–Crippen MR) is 80.6 cm³/mol. The summed E-state index contributed by atoms with van der Waals surface area (Å²) < 4.78 is 16.2. The van der Waals surface area contributed by atoms with E-state index >= 15 is 0 Å². The van der Waals surface area contributed by atoms with Gasteiger partial charge in [0.25, 0.3) is 0 Å². The summed E-state index contributed by atoms with van der Waals surface area (Å²) in [5.74, 6) is 7.99. The summed E-state index contributed by atoms with van der Waals surface area (Å²) in [6.45, 7) is 1.85. The van der Waals surface area contributed by atoms with Gasteiger partial charge in [0.15, 0.2) is 11.5 Å². The standard InChI is InChI=1S/C16H23NO3/c1-6-7-8-9-13(17-2)12-10-11-14(18-3)16(20-5)15(12)19-4/h10-11,13,17H,8-9H2,1-5H3. The summed E-state index contributed by atoms with van der Waals surface area (Å²) in [7, 11) is 6.80. The zero-order valence-electron chi connectivity index (χ0n) is 12.9. The Morgan fingerprint density at radius 3 is 2.30 bits per heavy atom. The number of benzene rings is 1. The van der Waals surface area contributed by atoms with Crippen molar-refractivity contribution in [1.82, 2.24) is 5.32 Å². The molecular weight excluding hydrogens is 254 g/mol. The third-order valence-corrected chi connectivity index (χ3v) is 3.19. The molecule has 0 aromatic heterocycles. The molecule has 0 fully saturated rings. The Bertz CT molecular complexity index is 488. The molecule has 110 valence electrons. The van der Waals surface area contributed by atoms with Crippen molar-refractivity contribution < 1.29 is 14.2 Å². The molecule has 1 aromatic carbocycles. The van der Waals surface area contributed by atoms with Crippen LogP contribution < -0.4 is 19.5 Å². The maximum atomic E-state index is 5.52. The van der Waals surface area contributed by atoms with Crippen LogP contribution in [0.4, 0.5) is 0 Å². The number of nitrogens with one attached hydrogen (secondary N) is 1. The van der Waals surface area contributed by atoms with E-state index in [0.29, 0.717) is 17.2 Å². The normalized spacial score (nSPS) is 11.2. The monoisotopic (exact) mass is 277 g/mol. The summed E-state index contributed by atoms with van der Waals surface area (Å²) in [5.41, 5.74) is 1.05. The summed E-state index contributed by atoms with van der Waals surface area (Å²) >= 11 is 0. The lowest BCUT2D eigenvalue weighted by atomic mass is 10.00. The van der Waals surface area contributed by atoms with E-state index < -0.39 is 0 Å². The lowest BCUT2D eigenvalue weighted by Gasteiger charge is -2.21. The first-order chi connectivity index (χ1) is 9.73. The average Bonchev–Trinajstić information content (AvgIpc) is 2.50. The third kappa shape index (κ3) is 3.58. The Balaban J connectivity index is 3.16. The minimum atomic E-state index is 0.158. The van der Waals surface area contributed by atoms with Gasteiger partial charge < -0.3 is 19.5 Å². The van der Waals surface area contributed by atoms with Crippen LogP contribution in [0.2, 0.25) is 0 Å². The van der Waals surface area contributed by atoms with E-state index in [9.17, 15) is 0 Å². The van der Waals surface area contributed by atoms with E-state index in [1.807, 2.05) is 26.1 Å². The van der Waals surface area contributed by atoms with E-state index in [-0.39, 0.29) is 6.04 Å². The molecule has 0 bridgehead atoms. The van der Waals surface area contributed by atoms with Crippen molar-refractivity contribution in [1.29, 1.82) is 0 Å². The van der Waals surface area contributed by atoms with Crippen LogP contribution in [-0.4, -0.2) is 28.4 Å². The van der Waals surface area contributed by atoms with Gasteiger partial charge in [0.2, 0.25) is 5.75 Å². The highest BCUT2D eigenvalue weighted by molar-refractivity contribution is 5.56. The second-order valence-corrected chi connectivity index (χ2v) is 4.23. The number of rotatable bonds is 7. The maximum Gasteiger partial charge on any atom is 0.203 e. The Morgan fingerprint density at radius 1 is 1.10 bits per heavy atom.